The lowest BCUT2D eigenvalue weighted by molar-refractivity contribution is 0.0527. The SMILES string of the molecule is CCOC(=O)c1cccc(NCc2cnc(C)cn2)c1N. The molecular formula is C15H18N4O2. The molecule has 2 rings (SSSR count). The highest BCUT2D eigenvalue weighted by Gasteiger charge is 2.13. The highest BCUT2D eigenvalue weighted by Crippen LogP contribution is 2.23. The lowest BCUT2D eigenvalue weighted by Crippen LogP contribution is -2.11. The van der Waals surface area contributed by atoms with Crippen molar-refractivity contribution in [2.24, 2.45) is 0 Å². The second-order valence-electron chi connectivity index (χ2n) is 4.49. The first kappa shape index (κ1) is 14.8. The van der Waals surface area contributed by atoms with Crippen molar-refractivity contribution in [1.29, 1.82) is 0 Å². The van der Waals surface area contributed by atoms with E-state index < -0.39 is 5.97 Å². The molecule has 21 heavy (non-hydrogen) atoms. The van der Waals surface area contributed by atoms with E-state index in [1.807, 2.05) is 6.92 Å². The number of nitrogen functional groups attached to an aromatic ring is 1. The van der Waals surface area contributed by atoms with Crippen LogP contribution in [0.1, 0.15) is 28.7 Å². The number of rotatable bonds is 5. The minimum Gasteiger partial charge on any atom is -0.462 e. The van der Waals surface area contributed by atoms with E-state index in [0.29, 0.717) is 30.1 Å². The zero-order valence-corrected chi connectivity index (χ0v) is 12.1. The second kappa shape index (κ2) is 6.69. The van der Waals surface area contributed by atoms with Crippen LogP contribution >= 0.6 is 0 Å². The van der Waals surface area contributed by atoms with Crippen LogP contribution in [0.2, 0.25) is 0 Å². The average molecular weight is 286 g/mol. The first-order valence-electron chi connectivity index (χ1n) is 6.68. The number of aryl methyl sites for hydroxylation is 1. The molecule has 1 aromatic heterocycles. The molecule has 1 aromatic carbocycles. The molecule has 0 amide bonds. The highest BCUT2D eigenvalue weighted by atomic mass is 16.5. The number of para-hydroxylation sites is 1. The second-order valence-corrected chi connectivity index (χ2v) is 4.49. The number of nitrogens with one attached hydrogen (secondary N) is 1. The van der Waals surface area contributed by atoms with Crippen LogP contribution < -0.4 is 11.1 Å². The Morgan fingerprint density at radius 3 is 2.81 bits per heavy atom. The van der Waals surface area contributed by atoms with Crippen LogP contribution in [0.25, 0.3) is 0 Å². The summed E-state index contributed by atoms with van der Waals surface area (Å²) in [5.74, 6) is -0.422. The van der Waals surface area contributed by atoms with Gasteiger partial charge in [-0.3, -0.25) is 9.97 Å². The van der Waals surface area contributed by atoms with Crippen LogP contribution in [-0.4, -0.2) is 22.5 Å². The van der Waals surface area contributed by atoms with Crippen LogP contribution in [0.3, 0.4) is 0 Å². The smallest absolute Gasteiger partial charge is 0.340 e. The Kier molecular flexibility index (Phi) is 4.71. The molecule has 0 aliphatic rings. The monoisotopic (exact) mass is 286 g/mol. The number of hydrogen-bond acceptors (Lipinski definition) is 6. The molecule has 0 aliphatic heterocycles. The van der Waals surface area contributed by atoms with Gasteiger partial charge in [-0.05, 0) is 26.0 Å². The fraction of sp³-hybridized carbons (Fsp3) is 0.267. The van der Waals surface area contributed by atoms with Gasteiger partial charge in [0.1, 0.15) is 0 Å². The van der Waals surface area contributed by atoms with Gasteiger partial charge in [0, 0.05) is 6.20 Å². The maximum atomic E-state index is 11.8. The molecule has 0 saturated carbocycles. The molecule has 0 atom stereocenters. The molecule has 0 fully saturated rings. The molecule has 6 nitrogen and oxygen atoms in total. The summed E-state index contributed by atoms with van der Waals surface area (Å²) in [7, 11) is 0. The number of nitrogens with zero attached hydrogens (tertiary/aromatic N) is 2. The minimum atomic E-state index is -0.422. The molecule has 2 aromatic rings. The van der Waals surface area contributed by atoms with Crippen molar-refractivity contribution in [2.45, 2.75) is 20.4 Å². The molecule has 0 saturated heterocycles. The van der Waals surface area contributed by atoms with E-state index in [9.17, 15) is 4.79 Å². The number of benzene rings is 1. The summed E-state index contributed by atoms with van der Waals surface area (Å²) in [6.07, 6.45) is 3.41. The predicted octanol–water partition coefficient (Wildman–Crippen LogP) is 2.16. The Hall–Kier alpha value is -2.63. The molecule has 0 aliphatic carbocycles. The van der Waals surface area contributed by atoms with Gasteiger partial charge in [0.2, 0.25) is 0 Å². The van der Waals surface area contributed by atoms with Crippen molar-refractivity contribution in [1.82, 2.24) is 9.97 Å². The zero-order valence-electron chi connectivity index (χ0n) is 12.1. The average Bonchev–Trinajstić information content (AvgIpc) is 2.48. The first-order valence-corrected chi connectivity index (χ1v) is 6.68. The molecule has 0 radical (unpaired) electrons. The number of aromatic nitrogens is 2. The molecule has 3 N–H and O–H groups in total. The number of esters is 1. The summed E-state index contributed by atoms with van der Waals surface area (Å²) in [5.41, 5.74) is 9.06. The van der Waals surface area contributed by atoms with Gasteiger partial charge in [-0.15, -0.1) is 0 Å². The lowest BCUT2D eigenvalue weighted by atomic mass is 10.1. The van der Waals surface area contributed by atoms with Crippen LogP contribution in [-0.2, 0) is 11.3 Å². The first-order chi connectivity index (χ1) is 10.1. The summed E-state index contributed by atoms with van der Waals surface area (Å²) in [6.45, 7) is 4.43. The van der Waals surface area contributed by atoms with Gasteiger partial charge >= 0.3 is 5.97 Å². The number of anilines is 2. The van der Waals surface area contributed by atoms with Crippen molar-refractivity contribution in [3.63, 3.8) is 0 Å². The van der Waals surface area contributed by atoms with E-state index in [2.05, 4.69) is 15.3 Å². The molecule has 110 valence electrons. The Labute approximate surface area is 123 Å². The van der Waals surface area contributed by atoms with Crippen molar-refractivity contribution in [3.8, 4) is 0 Å². The van der Waals surface area contributed by atoms with Crippen molar-refractivity contribution in [2.75, 3.05) is 17.7 Å². The highest BCUT2D eigenvalue weighted by molar-refractivity contribution is 5.98. The van der Waals surface area contributed by atoms with Crippen molar-refractivity contribution in [3.05, 3.63) is 47.5 Å². The number of hydrogen-bond donors (Lipinski definition) is 2. The summed E-state index contributed by atoms with van der Waals surface area (Å²) < 4.78 is 4.97. The van der Waals surface area contributed by atoms with E-state index in [0.717, 1.165) is 11.4 Å². The molecule has 6 heteroatoms. The van der Waals surface area contributed by atoms with Crippen molar-refractivity contribution >= 4 is 17.3 Å². The minimum absolute atomic E-state index is 0.314. The third-order valence-corrected chi connectivity index (χ3v) is 2.90. The van der Waals surface area contributed by atoms with E-state index in [4.69, 9.17) is 10.5 Å². The summed E-state index contributed by atoms with van der Waals surface area (Å²) >= 11 is 0. The van der Waals surface area contributed by atoms with Gasteiger partial charge in [-0.2, -0.15) is 0 Å². The molecule has 0 spiro atoms. The van der Waals surface area contributed by atoms with Gasteiger partial charge in [-0.25, -0.2) is 4.79 Å². The van der Waals surface area contributed by atoms with Crippen LogP contribution in [0, 0.1) is 6.92 Å². The summed E-state index contributed by atoms with van der Waals surface area (Å²) in [4.78, 5) is 20.2. The fourth-order valence-corrected chi connectivity index (χ4v) is 1.80. The Bertz CT molecular complexity index is 626. The Balaban J connectivity index is 2.11. The van der Waals surface area contributed by atoms with Gasteiger partial charge in [-0.1, -0.05) is 6.07 Å². The fourth-order valence-electron chi connectivity index (χ4n) is 1.80. The Morgan fingerprint density at radius 1 is 1.33 bits per heavy atom. The van der Waals surface area contributed by atoms with Gasteiger partial charge in [0.05, 0.1) is 47.7 Å². The number of carbonyl (C=O) groups excluding carboxylic acids is 1. The summed E-state index contributed by atoms with van der Waals surface area (Å²) in [5, 5.41) is 3.15. The lowest BCUT2D eigenvalue weighted by Gasteiger charge is -2.12. The third kappa shape index (κ3) is 3.68. The van der Waals surface area contributed by atoms with Crippen LogP contribution in [0.5, 0.6) is 0 Å². The number of ether oxygens (including phenoxy) is 1. The zero-order chi connectivity index (χ0) is 15.2. The number of carbonyl (C=O) groups is 1. The maximum Gasteiger partial charge on any atom is 0.340 e. The van der Waals surface area contributed by atoms with Gasteiger partial charge in [0.25, 0.3) is 0 Å². The van der Waals surface area contributed by atoms with Gasteiger partial charge in [0.15, 0.2) is 0 Å². The number of nitrogens with two attached hydrogens (primary N) is 1. The third-order valence-electron chi connectivity index (χ3n) is 2.90. The van der Waals surface area contributed by atoms with E-state index >= 15 is 0 Å². The summed E-state index contributed by atoms with van der Waals surface area (Å²) in [6, 6.07) is 5.20. The van der Waals surface area contributed by atoms with Crippen LogP contribution in [0.15, 0.2) is 30.6 Å². The van der Waals surface area contributed by atoms with Crippen LogP contribution in [0.4, 0.5) is 11.4 Å². The van der Waals surface area contributed by atoms with Crippen molar-refractivity contribution < 1.29 is 9.53 Å². The largest absolute Gasteiger partial charge is 0.462 e. The van der Waals surface area contributed by atoms with E-state index in [-0.39, 0.29) is 0 Å². The van der Waals surface area contributed by atoms with Gasteiger partial charge < -0.3 is 15.8 Å². The van der Waals surface area contributed by atoms with E-state index in [1.54, 1.807) is 37.5 Å². The normalized spacial score (nSPS) is 10.2. The molecular weight excluding hydrogens is 268 g/mol. The quantitative estimate of drug-likeness (QED) is 0.646. The molecule has 0 unspecified atom stereocenters. The maximum absolute atomic E-state index is 11.8. The standard InChI is InChI=1S/C15H18N4O2/c1-3-21-15(20)12-5-4-6-13(14(12)16)19-9-11-8-17-10(2)7-18-11/h4-8,19H,3,9,16H2,1-2H3. The Morgan fingerprint density at radius 2 is 2.14 bits per heavy atom. The van der Waals surface area contributed by atoms with E-state index in [1.165, 1.54) is 0 Å². The predicted molar refractivity (Wildman–Crippen MR) is 80.9 cm³/mol. The molecule has 1 heterocycles. The molecule has 0 bridgehead atoms. The topological polar surface area (TPSA) is 90.1 Å².